The molecule has 0 unspecified atom stereocenters. The molecule has 0 bridgehead atoms. The average molecular weight is 265 g/mol. The largest absolute Gasteiger partial charge is 0.369 e. The van der Waals surface area contributed by atoms with Gasteiger partial charge in [-0.05, 0) is 25.3 Å². The summed E-state index contributed by atoms with van der Waals surface area (Å²) in [6, 6.07) is 2.08. The molecule has 0 saturated carbocycles. The van der Waals surface area contributed by atoms with E-state index in [9.17, 15) is 0 Å². The lowest BCUT2D eigenvalue weighted by molar-refractivity contribution is -0.896. The molecule has 2 rings (SSSR count). The van der Waals surface area contributed by atoms with E-state index >= 15 is 0 Å². The molecule has 0 aliphatic carbocycles. The van der Waals surface area contributed by atoms with E-state index in [1.807, 2.05) is 0 Å². The summed E-state index contributed by atoms with van der Waals surface area (Å²) < 4.78 is 0. The fraction of sp³-hybridized carbons (Fsp3) is 0.538. The van der Waals surface area contributed by atoms with Gasteiger partial charge in [-0.15, -0.1) is 11.3 Å². The van der Waals surface area contributed by atoms with Crippen LogP contribution < -0.4 is 10.2 Å². The molecule has 0 fully saturated rings. The maximum Gasteiger partial charge on any atom is 0.138 e. The van der Waals surface area contributed by atoms with Crippen LogP contribution in [0.25, 0.3) is 10.2 Å². The minimum absolute atomic E-state index is 0.968. The van der Waals surface area contributed by atoms with Crippen molar-refractivity contribution >= 4 is 27.4 Å². The number of thiophene rings is 1. The van der Waals surface area contributed by atoms with Crippen molar-refractivity contribution in [2.75, 3.05) is 31.5 Å². The van der Waals surface area contributed by atoms with Crippen LogP contribution in [0.3, 0.4) is 0 Å². The Hall–Kier alpha value is -1.20. The highest BCUT2D eigenvalue weighted by atomic mass is 32.1. The third-order valence-corrected chi connectivity index (χ3v) is 4.08. The number of rotatable bonds is 7. The first kappa shape index (κ1) is 13.2. The van der Waals surface area contributed by atoms with E-state index in [1.54, 1.807) is 22.6 Å². The Morgan fingerprint density at radius 1 is 1.28 bits per heavy atom. The molecule has 5 heteroatoms. The molecular formula is C13H21N4S+. The number of fused-ring (bicyclic) bond motifs is 1. The SMILES string of the molecule is CC[NH+](CC)CCCNc1ncnc2sccc12. The van der Waals surface area contributed by atoms with Gasteiger partial charge in [0.05, 0.1) is 25.0 Å². The van der Waals surface area contributed by atoms with Crippen LogP contribution in [0.15, 0.2) is 17.8 Å². The molecule has 0 aromatic carbocycles. The van der Waals surface area contributed by atoms with Crippen molar-refractivity contribution in [1.82, 2.24) is 9.97 Å². The quantitative estimate of drug-likeness (QED) is 0.744. The van der Waals surface area contributed by atoms with Crippen molar-refractivity contribution in [3.63, 3.8) is 0 Å². The standard InChI is InChI=1S/C13H20N4S/c1-3-17(4-2)8-5-7-14-12-11-6-9-18-13(11)16-10-15-12/h6,9-10H,3-5,7-8H2,1-2H3,(H,14,15,16)/p+1. The summed E-state index contributed by atoms with van der Waals surface area (Å²) in [5.41, 5.74) is 0. The van der Waals surface area contributed by atoms with Crippen LogP contribution in [-0.2, 0) is 0 Å². The van der Waals surface area contributed by atoms with Gasteiger partial charge in [0.1, 0.15) is 17.0 Å². The molecule has 2 aromatic heterocycles. The zero-order valence-corrected chi connectivity index (χ0v) is 11.9. The molecule has 4 nitrogen and oxygen atoms in total. The van der Waals surface area contributed by atoms with Crippen molar-refractivity contribution in [3.05, 3.63) is 17.8 Å². The highest BCUT2D eigenvalue weighted by molar-refractivity contribution is 7.16. The minimum atomic E-state index is 0.968. The first-order valence-corrected chi connectivity index (χ1v) is 7.48. The zero-order chi connectivity index (χ0) is 12.8. The van der Waals surface area contributed by atoms with Crippen molar-refractivity contribution in [1.29, 1.82) is 0 Å². The molecule has 0 atom stereocenters. The van der Waals surface area contributed by atoms with Crippen molar-refractivity contribution in [2.24, 2.45) is 0 Å². The molecule has 98 valence electrons. The fourth-order valence-electron chi connectivity index (χ4n) is 2.08. The summed E-state index contributed by atoms with van der Waals surface area (Å²) in [6.07, 6.45) is 2.81. The monoisotopic (exact) mass is 265 g/mol. The maximum atomic E-state index is 4.31. The van der Waals surface area contributed by atoms with E-state index in [1.165, 1.54) is 26.1 Å². The summed E-state index contributed by atoms with van der Waals surface area (Å²) in [7, 11) is 0. The number of hydrogen-bond donors (Lipinski definition) is 2. The second kappa shape index (κ2) is 6.66. The molecule has 2 N–H and O–H groups in total. The predicted molar refractivity (Wildman–Crippen MR) is 77.4 cm³/mol. The molecule has 0 aliphatic rings. The van der Waals surface area contributed by atoms with Crippen molar-refractivity contribution in [3.8, 4) is 0 Å². The number of hydrogen-bond acceptors (Lipinski definition) is 4. The number of nitrogens with zero attached hydrogens (tertiary/aromatic N) is 2. The first-order chi connectivity index (χ1) is 8.85. The Morgan fingerprint density at radius 2 is 2.11 bits per heavy atom. The third-order valence-electron chi connectivity index (χ3n) is 3.26. The van der Waals surface area contributed by atoms with Crippen LogP contribution in [-0.4, -0.2) is 36.1 Å². The predicted octanol–water partition coefficient (Wildman–Crippen LogP) is 1.42. The van der Waals surface area contributed by atoms with Gasteiger partial charge in [-0.2, -0.15) is 0 Å². The van der Waals surface area contributed by atoms with Crippen LogP contribution in [0.1, 0.15) is 20.3 Å². The highest BCUT2D eigenvalue weighted by Gasteiger charge is 2.05. The Kier molecular flexibility index (Phi) is 4.90. The molecule has 0 amide bonds. The Morgan fingerprint density at radius 3 is 2.89 bits per heavy atom. The Balaban J connectivity index is 1.85. The summed E-state index contributed by atoms with van der Waals surface area (Å²) in [5, 5.41) is 6.62. The van der Waals surface area contributed by atoms with Crippen LogP contribution in [0.5, 0.6) is 0 Å². The van der Waals surface area contributed by atoms with Crippen LogP contribution in [0, 0.1) is 0 Å². The van der Waals surface area contributed by atoms with Gasteiger partial charge in [0.15, 0.2) is 0 Å². The van der Waals surface area contributed by atoms with Gasteiger partial charge in [0, 0.05) is 13.0 Å². The normalized spacial score (nSPS) is 11.3. The number of quaternary nitrogens is 1. The van der Waals surface area contributed by atoms with Gasteiger partial charge < -0.3 is 10.2 Å². The number of aromatic nitrogens is 2. The Labute approximate surface area is 112 Å². The average Bonchev–Trinajstić information content (AvgIpc) is 2.88. The van der Waals surface area contributed by atoms with E-state index in [0.717, 1.165) is 22.6 Å². The van der Waals surface area contributed by atoms with Crippen LogP contribution in [0.2, 0.25) is 0 Å². The van der Waals surface area contributed by atoms with E-state index in [4.69, 9.17) is 0 Å². The van der Waals surface area contributed by atoms with Gasteiger partial charge in [0.25, 0.3) is 0 Å². The molecule has 18 heavy (non-hydrogen) atoms. The lowest BCUT2D eigenvalue weighted by Gasteiger charge is -2.15. The lowest BCUT2D eigenvalue weighted by Crippen LogP contribution is -3.11. The molecule has 0 radical (unpaired) electrons. The second-order valence-corrected chi connectivity index (χ2v) is 5.24. The smallest absolute Gasteiger partial charge is 0.138 e. The van der Waals surface area contributed by atoms with Crippen LogP contribution in [0.4, 0.5) is 5.82 Å². The van der Waals surface area contributed by atoms with Crippen molar-refractivity contribution < 1.29 is 4.90 Å². The van der Waals surface area contributed by atoms with Gasteiger partial charge in [-0.25, -0.2) is 9.97 Å². The molecule has 0 aliphatic heterocycles. The lowest BCUT2D eigenvalue weighted by atomic mass is 10.3. The molecule has 2 heterocycles. The molecule has 2 aromatic rings. The zero-order valence-electron chi connectivity index (χ0n) is 11.1. The fourth-order valence-corrected chi connectivity index (χ4v) is 2.81. The highest BCUT2D eigenvalue weighted by Crippen LogP contribution is 2.23. The van der Waals surface area contributed by atoms with E-state index in [0.29, 0.717) is 0 Å². The van der Waals surface area contributed by atoms with E-state index in [2.05, 4.69) is 40.6 Å². The topological polar surface area (TPSA) is 42.2 Å². The van der Waals surface area contributed by atoms with Gasteiger partial charge in [-0.3, -0.25) is 0 Å². The molecular weight excluding hydrogens is 244 g/mol. The van der Waals surface area contributed by atoms with E-state index in [-0.39, 0.29) is 0 Å². The van der Waals surface area contributed by atoms with Gasteiger partial charge >= 0.3 is 0 Å². The van der Waals surface area contributed by atoms with Gasteiger partial charge in [0.2, 0.25) is 0 Å². The maximum absolute atomic E-state index is 4.31. The van der Waals surface area contributed by atoms with Crippen molar-refractivity contribution in [2.45, 2.75) is 20.3 Å². The Bertz CT molecular complexity index is 479. The van der Waals surface area contributed by atoms with Gasteiger partial charge in [-0.1, -0.05) is 0 Å². The summed E-state index contributed by atoms with van der Waals surface area (Å²) in [4.78, 5) is 11.3. The summed E-state index contributed by atoms with van der Waals surface area (Å²) >= 11 is 1.66. The second-order valence-electron chi connectivity index (χ2n) is 4.35. The van der Waals surface area contributed by atoms with Crippen LogP contribution >= 0.6 is 11.3 Å². The minimum Gasteiger partial charge on any atom is -0.369 e. The number of nitrogens with one attached hydrogen (secondary N) is 2. The first-order valence-electron chi connectivity index (χ1n) is 6.60. The summed E-state index contributed by atoms with van der Waals surface area (Å²) in [6.45, 7) is 9.10. The molecule has 0 spiro atoms. The third kappa shape index (κ3) is 3.17. The van der Waals surface area contributed by atoms with E-state index < -0.39 is 0 Å². The summed E-state index contributed by atoms with van der Waals surface area (Å²) in [5.74, 6) is 0.968. The molecule has 0 saturated heterocycles. The number of anilines is 1.